The number of aliphatic hydroxyl groups is 1. The topological polar surface area (TPSA) is 47.9 Å². The normalized spacial score (nSPS) is 18.6. The molecule has 1 aliphatic rings. The smallest absolute Gasteiger partial charge is 0.388 e. The van der Waals surface area contributed by atoms with Crippen molar-refractivity contribution in [3.63, 3.8) is 0 Å². The third-order valence-electron chi connectivity index (χ3n) is 10.4. The average Bonchev–Trinajstić information content (AvgIpc) is 3.03. The van der Waals surface area contributed by atoms with E-state index < -0.39 is 31.2 Å². The number of unbranched alkanes of at least 4 members (excludes halogenated alkanes) is 14. The summed E-state index contributed by atoms with van der Waals surface area (Å²) in [6, 6.07) is 0.794. The predicted octanol–water partition coefficient (Wildman–Crippen LogP) is 10.2. The Balaban J connectivity index is 2.83. The van der Waals surface area contributed by atoms with Crippen molar-refractivity contribution >= 4 is 8.80 Å². The van der Waals surface area contributed by atoms with Gasteiger partial charge in [0.15, 0.2) is 0 Å². The van der Waals surface area contributed by atoms with Crippen molar-refractivity contribution in [2.75, 3.05) is 26.7 Å². The Morgan fingerprint density at radius 1 is 0.595 bits per heavy atom. The first kappa shape index (κ1) is 40.0. The van der Waals surface area contributed by atoms with Crippen molar-refractivity contribution < 1.29 is 22.9 Å². The molecule has 1 N–H and O–H groups in total. The lowest BCUT2D eigenvalue weighted by Gasteiger charge is -2.42. The summed E-state index contributed by atoms with van der Waals surface area (Å²) in [5, 5.41) is 10.9. The summed E-state index contributed by atoms with van der Waals surface area (Å²) >= 11 is 0. The highest BCUT2D eigenvalue weighted by atomic mass is 28.4. The van der Waals surface area contributed by atoms with E-state index in [0.29, 0.717) is 0 Å². The van der Waals surface area contributed by atoms with Crippen molar-refractivity contribution in [3.05, 3.63) is 0 Å². The van der Waals surface area contributed by atoms with Gasteiger partial charge in [0.1, 0.15) is 0 Å². The molecule has 252 valence electrons. The Morgan fingerprint density at radius 2 is 0.929 bits per heavy atom. The van der Waals surface area contributed by atoms with E-state index in [1.54, 1.807) is 0 Å². The maximum absolute atomic E-state index is 10.9. The van der Waals surface area contributed by atoms with Gasteiger partial charge in [0.05, 0.1) is 49.1 Å². The summed E-state index contributed by atoms with van der Waals surface area (Å²) in [6.45, 7) is 24.3. The number of hydrogen-bond donors (Lipinski definition) is 1. The van der Waals surface area contributed by atoms with Crippen LogP contribution in [0.4, 0.5) is 0 Å². The fourth-order valence-electron chi connectivity index (χ4n) is 6.02. The highest BCUT2D eigenvalue weighted by Gasteiger charge is 2.63. The minimum atomic E-state index is -3.04. The third kappa shape index (κ3) is 14.0. The Bertz CT molecular complexity index is 680. The molecule has 5 nitrogen and oxygen atoms in total. The Hall–Kier alpha value is 0.0169. The van der Waals surface area contributed by atoms with E-state index in [9.17, 15) is 5.11 Å². The minimum absolute atomic E-state index is 0.443. The molecular formula is C36H76NO4Si+. The van der Waals surface area contributed by atoms with Gasteiger partial charge >= 0.3 is 8.80 Å². The molecule has 0 aromatic carbocycles. The van der Waals surface area contributed by atoms with E-state index in [0.717, 1.165) is 23.5 Å². The molecule has 0 bridgehead atoms. The predicted molar refractivity (Wildman–Crippen MR) is 183 cm³/mol. The molecule has 0 aromatic heterocycles. The summed E-state index contributed by atoms with van der Waals surface area (Å²) in [5.41, 5.74) is -2.67. The van der Waals surface area contributed by atoms with Crippen LogP contribution in [0.2, 0.25) is 6.04 Å². The fraction of sp³-hybridized carbons (Fsp3) is 1.00. The first-order chi connectivity index (χ1) is 19.4. The van der Waals surface area contributed by atoms with Crippen LogP contribution in [0, 0.1) is 0 Å². The van der Waals surface area contributed by atoms with Gasteiger partial charge in [0, 0.05) is 12.5 Å². The molecular weight excluding hydrogens is 538 g/mol. The van der Waals surface area contributed by atoms with Gasteiger partial charge in [-0.3, -0.25) is 0 Å². The molecule has 0 unspecified atom stereocenters. The van der Waals surface area contributed by atoms with Gasteiger partial charge in [-0.15, -0.1) is 0 Å². The lowest BCUT2D eigenvalue weighted by atomic mass is 9.90. The Morgan fingerprint density at radius 3 is 1.29 bits per heavy atom. The van der Waals surface area contributed by atoms with Crippen LogP contribution in [0.3, 0.4) is 0 Å². The number of quaternary nitrogens is 1. The molecule has 0 spiro atoms. The molecule has 0 saturated carbocycles. The van der Waals surface area contributed by atoms with Gasteiger partial charge in [0.25, 0.3) is 0 Å². The van der Waals surface area contributed by atoms with Crippen molar-refractivity contribution in [2.24, 2.45) is 0 Å². The van der Waals surface area contributed by atoms with Crippen molar-refractivity contribution in [1.29, 1.82) is 0 Å². The van der Waals surface area contributed by atoms with E-state index in [-0.39, 0.29) is 0 Å². The molecule has 1 aliphatic heterocycles. The summed E-state index contributed by atoms with van der Waals surface area (Å²) in [6.07, 6.45) is 22.9. The average molecular weight is 615 g/mol. The van der Waals surface area contributed by atoms with Gasteiger partial charge in [-0.1, -0.05) is 90.9 Å². The number of rotatable bonds is 25. The lowest BCUT2D eigenvalue weighted by molar-refractivity contribution is -0.910. The van der Waals surface area contributed by atoms with Crippen LogP contribution in [0.1, 0.15) is 178 Å². The first-order valence-corrected chi connectivity index (χ1v) is 20.0. The molecule has 1 rings (SSSR count). The van der Waals surface area contributed by atoms with Crippen LogP contribution < -0.4 is 0 Å². The summed E-state index contributed by atoms with van der Waals surface area (Å²) < 4.78 is 21.5. The fourth-order valence-corrected chi connectivity index (χ4v) is 10.1. The standard InChI is InChI=1S/C36H76NO4Si/c1-12-14-16-18-20-22-24-26-29-37(11,30-27-25-23-21-19-17-15-13-2)31-28-32-42(39-34(5,6)33(3,4)38)40-35(7,8)36(9,10)41-42/h38H,12-32H2,1-11H3/q+1. The van der Waals surface area contributed by atoms with Crippen LogP contribution in [0.25, 0.3) is 0 Å². The Kier molecular flexibility index (Phi) is 17.4. The first-order valence-electron chi connectivity index (χ1n) is 18.1. The monoisotopic (exact) mass is 615 g/mol. The van der Waals surface area contributed by atoms with E-state index in [2.05, 4.69) is 48.6 Å². The van der Waals surface area contributed by atoms with Crippen LogP contribution in [0.5, 0.6) is 0 Å². The van der Waals surface area contributed by atoms with Crippen LogP contribution in [-0.2, 0) is 13.3 Å². The molecule has 1 saturated heterocycles. The second-order valence-corrected chi connectivity index (χ2v) is 18.4. The Labute approximate surface area is 264 Å². The molecule has 0 aliphatic carbocycles. The zero-order valence-corrected chi connectivity index (χ0v) is 31.5. The molecule has 0 atom stereocenters. The number of nitrogens with zero attached hydrogens (tertiary/aromatic N) is 1. The second kappa shape index (κ2) is 18.2. The maximum atomic E-state index is 10.9. The van der Waals surface area contributed by atoms with Crippen LogP contribution >= 0.6 is 0 Å². The zero-order chi connectivity index (χ0) is 32.0. The molecule has 1 heterocycles. The quantitative estimate of drug-likeness (QED) is 0.0631. The lowest BCUT2D eigenvalue weighted by Crippen LogP contribution is -2.57. The van der Waals surface area contributed by atoms with E-state index in [1.807, 2.05) is 27.7 Å². The molecule has 0 radical (unpaired) electrons. The SMILES string of the molecule is CCCCCCCCCC[N+](C)(CCCCCCCCCC)CCC[Si]1(OC(C)(C)C(C)(C)O)OC(C)(C)C(C)(C)O1. The molecule has 1 fully saturated rings. The summed E-state index contributed by atoms with van der Waals surface area (Å²) in [4.78, 5) is 0. The van der Waals surface area contributed by atoms with Gasteiger partial charge in [-0.2, -0.15) is 0 Å². The van der Waals surface area contributed by atoms with Crippen LogP contribution in [-0.4, -0.2) is 67.5 Å². The van der Waals surface area contributed by atoms with Gasteiger partial charge in [0.2, 0.25) is 0 Å². The van der Waals surface area contributed by atoms with E-state index >= 15 is 0 Å². The van der Waals surface area contributed by atoms with Crippen molar-refractivity contribution in [3.8, 4) is 0 Å². The van der Waals surface area contributed by atoms with Gasteiger partial charge < -0.3 is 22.9 Å². The highest BCUT2D eigenvalue weighted by Crippen LogP contribution is 2.46. The second-order valence-electron chi connectivity index (χ2n) is 15.9. The van der Waals surface area contributed by atoms with Gasteiger partial charge in [-0.05, 0) is 81.1 Å². The third-order valence-corrected chi connectivity index (χ3v) is 13.9. The van der Waals surface area contributed by atoms with E-state index in [1.165, 1.54) is 116 Å². The van der Waals surface area contributed by atoms with E-state index in [4.69, 9.17) is 13.3 Å². The van der Waals surface area contributed by atoms with Crippen molar-refractivity contribution in [1.82, 2.24) is 0 Å². The van der Waals surface area contributed by atoms with Crippen LogP contribution in [0.15, 0.2) is 0 Å². The van der Waals surface area contributed by atoms with Gasteiger partial charge in [-0.25, -0.2) is 0 Å². The largest absolute Gasteiger partial charge is 0.502 e. The molecule has 0 amide bonds. The van der Waals surface area contributed by atoms with Crippen molar-refractivity contribution in [2.45, 2.75) is 207 Å². The molecule has 0 aromatic rings. The molecule has 42 heavy (non-hydrogen) atoms. The highest BCUT2D eigenvalue weighted by molar-refractivity contribution is 6.61. The summed E-state index contributed by atoms with van der Waals surface area (Å²) in [7, 11) is -0.550. The zero-order valence-electron chi connectivity index (χ0n) is 30.5. The molecule has 6 heteroatoms. The summed E-state index contributed by atoms with van der Waals surface area (Å²) in [5.74, 6) is 0. The number of hydrogen-bond acceptors (Lipinski definition) is 4. The maximum Gasteiger partial charge on any atom is 0.502 e. The minimum Gasteiger partial charge on any atom is -0.388 e.